The largest absolute Gasteiger partial charge is 0.494 e. The van der Waals surface area contributed by atoms with Crippen molar-refractivity contribution < 1.29 is 18.7 Å². The number of halogens is 1. The fourth-order valence-corrected chi connectivity index (χ4v) is 1.75. The summed E-state index contributed by atoms with van der Waals surface area (Å²) in [6.07, 6.45) is 0. The van der Waals surface area contributed by atoms with E-state index >= 15 is 0 Å². The van der Waals surface area contributed by atoms with Crippen molar-refractivity contribution in [2.75, 3.05) is 13.7 Å². The van der Waals surface area contributed by atoms with Crippen LogP contribution in [0.1, 0.15) is 32.4 Å². The summed E-state index contributed by atoms with van der Waals surface area (Å²) >= 11 is 0. The summed E-state index contributed by atoms with van der Waals surface area (Å²) in [6.45, 7) is 5.74. The Balaban J connectivity index is 2.72. The molecule has 0 heterocycles. The van der Waals surface area contributed by atoms with Crippen molar-refractivity contribution in [2.24, 2.45) is 0 Å². The highest BCUT2D eigenvalue weighted by Crippen LogP contribution is 2.22. The van der Waals surface area contributed by atoms with Gasteiger partial charge in [-0.3, -0.25) is 10.1 Å². The van der Waals surface area contributed by atoms with Crippen molar-refractivity contribution in [3.8, 4) is 5.75 Å². The third kappa shape index (κ3) is 4.21. The summed E-state index contributed by atoms with van der Waals surface area (Å²) in [7, 11) is 1.42. The number of carbonyl (C=O) groups is 1. The standard InChI is InChI=1S/C14H20FNO3/c1-5-19-14(17)10(3)16-9(2)11-6-7-12(15)13(8-11)18-4/h6-10,16H,5H2,1-4H3. The minimum atomic E-state index is -0.425. The average Bonchev–Trinajstić information content (AvgIpc) is 2.39. The fraction of sp³-hybridized carbons (Fsp3) is 0.500. The first-order chi connectivity index (χ1) is 8.99. The molecule has 19 heavy (non-hydrogen) atoms. The number of ether oxygens (including phenoxy) is 2. The lowest BCUT2D eigenvalue weighted by Gasteiger charge is -2.19. The molecule has 1 aromatic rings. The zero-order chi connectivity index (χ0) is 14.4. The lowest BCUT2D eigenvalue weighted by atomic mass is 10.1. The monoisotopic (exact) mass is 269 g/mol. The first kappa shape index (κ1) is 15.4. The third-order valence-electron chi connectivity index (χ3n) is 2.82. The molecule has 0 amide bonds. The Labute approximate surface area is 112 Å². The van der Waals surface area contributed by atoms with E-state index in [0.29, 0.717) is 6.61 Å². The van der Waals surface area contributed by atoms with Crippen LogP contribution in [0, 0.1) is 5.82 Å². The molecule has 5 heteroatoms. The first-order valence-electron chi connectivity index (χ1n) is 6.25. The molecule has 0 aromatic heterocycles. The van der Waals surface area contributed by atoms with E-state index in [-0.39, 0.29) is 17.8 Å². The van der Waals surface area contributed by atoms with E-state index in [1.165, 1.54) is 13.2 Å². The van der Waals surface area contributed by atoms with Gasteiger partial charge in [0.2, 0.25) is 0 Å². The van der Waals surface area contributed by atoms with Gasteiger partial charge >= 0.3 is 5.97 Å². The Morgan fingerprint density at radius 3 is 2.68 bits per heavy atom. The Morgan fingerprint density at radius 2 is 2.11 bits per heavy atom. The summed E-state index contributed by atoms with van der Waals surface area (Å²) in [5, 5.41) is 3.10. The number of rotatable bonds is 6. The molecule has 0 fully saturated rings. The van der Waals surface area contributed by atoms with Crippen molar-refractivity contribution in [3.63, 3.8) is 0 Å². The molecule has 106 valence electrons. The van der Waals surface area contributed by atoms with Gasteiger partial charge in [-0.25, -0.2) is 4.39 Å². The Bertz CT molecular complexity index is 437. The van der Waals surface area contributed by atoms with E-state index in [1.54, 1.807) is 26.0 Å². The maximum Gasteiger partial charge on any atom is 0.322 e. The molecule has 0 aliphatic heterocycles. The van der Waals surface area contributed by atoms with Crippen molar-refractivity contribution in [1.82, 2.24) is 5.32 Å². The van der Waals surface area contributed by atoms with Crippen LogP contribution in [0.3, 0.4) is 0 Å². The minimum Gasteiger partial charge on any atom is -0.494 e. The van der Waals surface area contributed by atoms with Gasteiger partial charge in [0.05, 0.1) is 13.7 Å². The number of hydrogen-bond donors (Lipinski definition) is 1. The van der Waals surface area contributed by atoms with Crippen molar-refractivity contribution in [3.05, 3.63) is 29.6 Å². The van der Waals surface area contributed by atoms with Crippen LogP contribution in [0.25, 0.3) is 0 Å². The number of carbonyl (C=O) groups excluding carboxylic acids is 1. The van der Waals surface area contributed by atoms with Crippen LogP contribution in [0.5, 0.6) is 5.75 Å². The van der Waals surface area contributed by atoms with E-state index in [9.17, 15) is 9.18 Å². The molecule has 0 aliphatic rings. The number of hydrogen-bond acceptors (Lipinski definition) is 4. The highest BCUT2D eigenvalue weighted by molar-refractivity contribution is 5.75. The van der Waals surface area contributed by atoms with E-state index in [0.717, 1.165) is 5.56 Å². The van der Waals surface area contributed by atoms with Crippen molar-refractivity contribution in [1.29, 1.82) is 0 Å². The molecular weight excluding hydrogens is 249 g/mol. The predicted molar refractivity (Wildman–Crippen MR) is 70.6 cm³/mol. The predicted octanol–water partition coefficient (Wildman–Crippen LogP) is 2.44. The SMILES string of the molecule is CCOC(=O)C(C)NC(C)c1ccc(F)c(OC)c1. The molecule has 0 saturated carbocycles. The van der Waals surface area contributed by atoms with Crippen LogP contribution in [-0.4, -0.2) is 25.7 Å². The van der Waals surface area contributed by atoms with Gasteiger partial charge in [-0.1, -0.05) is 6.07 Å². The van der Waals surface area contributed by atoms with Crippen LogP contribution in [-0.2, 0) is 9.53 Å². The third-order valence-corrected chi connectivity index (χ3v) is 2.82. The maximum absolute atomic E-state index is 13.3. The Morgan fingerprint density at radius 1 is 1.42 bits per heavy atom. The topological polar surface area (TPSA) is 47.6 Å². The highest BCUT2D eigenvalue weighted by atomic mass is 19.1. The molecule has 0 radical (unpaired) electrons. The van der Waals surface area contributed by atoms with Crippen LogP contribution in [0.15, 0.2) is 18.2 Å². The van der Waals surface area contributed by atoms with E-state index in [4.69, 9.17) is 9.47 Å². The second kappa shape index (κ2) is 7.09. The molecule has 1 aromatic carbocycles. The normalized spacial score (nSPS) is 13.7. The minimum absolute atomic E-state index is 0.117. The molecule has 1 N–H and O–H groups in total. The lowest BCUT2D eigenvalue weighted by Crippen LogP contribution is -2.37. The van der Waals surface area contributed by atoms with Gasteiger partial charge in [0.15, 0.2) is 11.6 Å². The smallest absolute Gasteiger partial charge is 0.322 e. The number of esters is 1. The van der Waals surface area contributed by atoms with Crippen LogP contribution < -0.4 is 10.1 Å². The fourth-order valence-electron chi connectivity index (χ4n) is 1.75. The summed E-state index contributed by atoms with van der Waals surface area (Å²) in [4.78, 5) is 11.5. The lowest BCUT2D eigenvalue weighted by molar-refractivity contribution is -0.145. The molecule has 2 unspecified atom stereocenters. The molecule has 0 saturated heterocycles. The zero-order valence-electron chi connectivity index (χ0n) is 11.7. The summed E-state index contributed by atoms with van der Waals surface area (Å²) in [5.41, 5.74) is 0.842. The van der Waals surface area contributed by atoms with Crippen LogP contribution in [0.4, 0.5) is 4.39 Å². The van der Waals surface area contributed by atoms with E-state index in [1.807, 2.05) is 6.92 Å². The Hall–Kier alpha value is -1.62. The van der Waals surface area contributed by atoms with Crippen LogP contribution in [0.2, 0.25) is 0 Å². The molecule has 0 bridgehead atoms. The van der Waals surface area contributed by atoms with E-state index < -0.39 is 11.9 Å². The van der Waals surface area contributed by atoms with Gasteiger partial charge < -0.3 is 9.47 Å². The molecule has 0 spiro atoms. The highest BCUT2D eigenvalue weighted by Gasteiger charge is 2.18. The van der Waals surface area contributed by atoms with Crippen molar-refractivity contribution >= 4 is 5.97 Å². The van der Waals surface area contributed by atoms with Crippen molar-refractivity contribution in [2.45, 2.75) is 32.9 Å². The van der Waals surface area contributed by atoms with Gasteiger partial charge in [-0.05, 0) is 38.5 Å². The van der Waals surface area contributed by atoms with E-state index in [2.05, 4.69) is 5.32 Å². The van der Waals surface area contributed by atoms with Gasteiger partial charge in [0, 0.05) is 6.04 Å². The summed E-state index contributed by atoms with van der Waals surface area (Å²) < 4.78 is 23.2. The van der Waals surface area contributed by atoms with Gasteiger partial charge in [-0.2, -0.15) is 0 Å². The first-order valence-corrected chi connectivity index (χ1v) is 6.25. The van der Waals surface area contributed by atoms with Gasteiger partial charge in [0.25, 0.3) is 0 Å². The zero-order valence-corrected chi connectivity index (χ0v) is 11.7. The summed E-state index contributed by atoms with van der Waals surface area (Å²) in [5.74, 6) is -0.518. The Kier molecular flexibility index (Phi) is 5.76. The molecule has 4 nitrogen and oxygen atoms in total. The number of benzene rings is 1. The second-order valence-corrected chi connectivity index (χ2v) is 4.26. The number of nitrogens with one attached hydrogen (secondary N) is 1. The molecule has 2 atom stereocenters. The van der Waals surface area contributed by atoms with Crippen LogP contribution >= 0.6 is 0 Å². The second-order valence-electron chi connectivity index (χ2n) is 4.26. The molecule has 0 aliphatic carbocycles. The average molecular weight is 269 g/mol. The summed E-state index contributed by atoms with van der Waals surface area (Å²) in [6, 6.07) is 4.08. The molecular formula is C14H20FNO3. The molecule has 1 rings (SSSR count). The van der Waals surface area contributed by atoms with Gasteiger partial charge in [0.1, 0.15) is 6.04 Å². The quantitative estimate of drug-likeness (QED) is 0.806. The van der Waals surface area contributed by atoms with Gasteiger partial charge in [-0.15, -0.1) is 0 Å². The number of methoxy groups -OCH3 is 1. The maximum atomic E-state index is 13.3.